The number of hydrogen-bond donors (Lipinski definition) is 0. The Morgan fingerprint density at radius 3 is 1.74 bits per heavy atom. The van der Waals surface area contributed by atoms with Crippen LogP contribution in [0.25, 0.3) is 11.1 Å². The lowest BCUT2D eigenvalue weighted by atomic mass is 10.1. The van der Waals surface area contributed by atoms with Crippen molar-refractivity contribution in [3.8, 4) is 11.1 Å². The summed E-state index contributed by atoms with van der Waals surface area (Å²) in [5.41, 5.74) is 4.89. The summed E-state index contributed by atoms with van der Waals surface area (Å²) in [7, 11) is -0.00244. The Morgan fingerprint density at radius 1 is 0.609 bits per heavy atom. The third-order valence-corrected chi connectivity index (χ3v) is 9.26. The monoisotopic (exact) mass is 322 g/mol. The molecule has 0 unspecified atom stereocenters. The molecule has 0 spiro atoms. The zero-order valence-electron chi connectivity index (χ0n) is 14.0. The largest absolute Gasteiger partial charge is 0.0683 e. The van der Waals surface area contributed by atoms with Crippen molar-refractivity contribution in [1.82, 2.24) is 0 Å². The summed E-state index contributed by atoms with van der Waals surface area (Å²) in [6.45, 7) is 0. The molecule has 0 atom stereocenters. The van der Waals surface area contributed by atoms with Crippen LogP contribution in [-0.4, -0.2) is 11.3 Å². The topological polar surface area (TPSA) is 0 Å². The molecule has 0 heterocycles. The van der Waals surface area contributed by atoms with Gasteiger partial charge in [0.25, 0.3) is 0 Å². The van der Waals surface area contributed by atoms with E-state index in [1.165, 1.54) is 62.5 Å². The minimum atomic E-state index is -0.00244. The second kappa shape index (κ2) is 7.18. The SMILES string of the molecule is c1ccc(-c2ccccc2P(C2CCCC2)C2CCCC2)cc1. The quantitative estimate of drug-likeness (QED) is 0.576. The molecule has 0 aliphatic heterocycles. The molecule has 0 aromatic heterocycles. The zero-order chi connectivity index (χ0) is 15.5. The molecule has 2 aliphatic carbocycles. The summed E-state index contributed by atoms with van der Waals surface area (Å²) < 4.78 is 0. The predicted octanol–water partition coefficient (Wildman–Crippen LogP) is 6.35. The molecule has 0 N–H and O–H groups in total. The van der Waals surface area contributed by atoms with Crippen molar-refractivity contribution >= 4 is 13.2 Å². The van der Waals surface area contributed by atoms with Crippen molar-refractivity contribution in [3.63, 3.8) is 0 Å². The van der Waals surface area contributed by atoms with Gasteiger partial charge in [-0.15, -0.1) is 0 Å². The Balaban J connectivity index is 1.76. The summed E-state index contributed by atoms with van der Waals surface area (Å²) in [6, 6.07) is 20.4. The first kappa shape index (κ1) is 15.4. The van der Waals surface area contributed by atoms with Gasteiger partial charge in [0.2, 0.25) is 0 Å². The fourth-order valence-corrected chi connectivity index (χ4v) is 8.58. The first-order valence-corrected chi connectivity index (χ1v) is 10.8. The van der Waals surface area contributed by atoms with Gasteiger partial charge in [-0.05, 0) is 53.4 Å². The average molecular weight is 322 g/mol. The summed E-state index contributed by atoms with van der Waals surface area (Å²) >= 11 is 0. The third-order valence-electron chi connectivity index (χ3n) is 5.70. The molecule has 2 aliphatic rings. The van der Waals surface area contributed by atoms with Crippen LogP contribution in [0.5, 0.6) is 0 Å². The average Bonchev–Trinajstić information content (AvgIpc) is 3.31. The van der Waals surface area contributed by atoms with E-state index in [-0.39, 0.29) is 7.92 Å². The second-order valence-corrected chi connectivity index (χ2v) is 9.92. The third kappa shape index (κ3) is 3.24. The lowest BCUT2D eigenvalue weighted by molar-refractivity contribution is 0.835. The van der Waals surface area contributed by atoms with Crippen LogP contribution < -0.4 is 5.30 Å². The van der Waals surface area contributed by atoms with Crippen LogP contribution >= 0.6 is 7.92 Å². The number of benzene rings is 2. The number of rotatable bonds is 4. The van der Waals surface area contributed by atoms with Gasteiger partial charge in [-0.1, -0.05) is 88.2 Å². The molecular formula is C22H27P. The van der Waals surface area contributed by atoms with Crippen molar-refractivity contribution in [2.75, 3.05) is 0 Å². The van der Waals surface area contributed by atoms with Crippen LogP contribution in [0.1, 0.15) is 51.4 Å². The van der Waals surface area contributed by atoms with E-state index in [1.807, 2.05) is 0 Å². The van der Waals surface area contributed by atoms with Gasteiger partial charge in [0.05, 0.1) is 0 Å². The predicted molar refractivity (Wildman–Crippen MR) is 103 cm³/mol. The molecule has 2 aromatic rings. The summed E-state index contributed by atoms with van der Waals surface area (Å²) in [5, 5.41) is 1.70. The van der Waals surface area contributed by atoms with E-state index < -0.39 is 0 Å². The number of hydrogen-bond acceptors (Lipinski definition) is 0. The maximum atomic E-state index is 2.46. The first-order valence-electron chi connectivity index (χ1n) is 9.36. The molecule has 2 aromatic carbocycles. The lowest BCUT2D eigenvalue weighted by Crippen LogP contribution is -2.20. The zero-order valence-corrected chi connectivity index (χ0v) is 14.8. The van der Waals surface area contributed by atoms with E-state index in [9.17, 15) is 0 Å². The highest BCUT2D eigenvalue weighted by Crippen LogP contribution is 2.57. The van der Waals surface area contributed by atoms with Crippen molar-refractivity contribution in [3.05, 3.63) is 54.6 Å². The van der Waals surface area contributed by atoms with E-state index in [2.05, 4.69) is 54.6 Å². The molecule has 23 heavy (non-hydrogen) atoms. The minimum absolute atomic E-state index is 0.00244. The molecule has 2 fully saturated rings. The normalized spacial score (nSPS) is 19.7. The second-order valence-electron chi connectivity index (χ2n) is 7.17. The van der Waals surface area contributed by atoms with Crippen LogP contribution in [0.3, 0.4) is 0 Å². The van der Waals surface area contributed by atoms with Gasteiger partial charge in [-0.2, -0.15) is 0 Å². The van der Waals surface area contributed by atoms with Crippen molar-refractivity contribution in [2.24, 2.45) is 0 Å². The Morgan fingerprint density at radius 2 is 1.13 bits per heavy atom. The smallest absolute Gasteiger partial charge is 0.0107 e. The van der Waals surface area contributed by atoms with Gasteiger partial charge in [0.1, 0.15) is 0 Å². The van der Waals surface area contributed by atoms with Crippen molar-refractivity contribution < 1.29 is 0 Å². The molecule has 120 valence electrons. The molecule has 2 saturated carbocycles. The maximum Gasteiger partial charge on any atom is -0.0107 e. The Hall–Kier alpha value is -1.13. The highest BCUT2D eigenvalue weighted by Gasteiger charge is 2.34. The maximum absolute atomic E-state index is 2.46. The Bertz CT molecular complexity index is 605. The van der Waals surface area contributed by atoms with Gasteiger partial charge >= 0.3 is 0 Å². The molecule has 1 heteroatoms. The van der Waals surface area contributed by atoms with Crippen molar-refractivity contribution in [2.45, 2.75) is 62.7 Å². The van der Waals surface area contributed by atoms with E-state index in [0.29, 0.717) is 0 Å². The van der Waals surface area contributed by atoms with Crippen LogP contribution in [0.2, 0.25) is 0 Å². The van der Waals surface area contributed by atoms with Crippen LogP contribution in [0.4, 0.5) is 0 Å². The van der Waals surface area contributed by atoms with E-state index >= 15 is 0 Å². The Kier molecular flexibility index (Phi) is 4.81. The molecule has 0 radical (unpaired) electrons. The fourth-order valence-electron chi connectivity index (χ4n) is 4.62. The summed E-state index contributed by atoms with van der Waals surface area (Å²) in [4.78, 5) is 0. The van der Waals surface area contributed by atoms with E-state index in [0.717, 1.165) is 11.3 Å². The lowest BCUT2D eigenvalue weighted by Gasteiger charge is -2.32. The van der Waals surface area contributed by atoms with Gasteiger partial charge in [0, 0.05) is 0 Å². The molecule has 0 bridgehead atoms. The van der Waals surface area contributed by atoms with Crippen molar-refractivity contribution in [1.29, 1.82) is 0 Å². The minimum Gasteiger partial charge on any atom is -0.0683 e. The van der Waals surface area contributed by atoms with E-state index in [1.54, 1.807) is 5.30 Å². The van der Waals surface area contributed by atoms with Crippen LogP contribution in [0, 0.1) is 0 Å². The van der Waals surface area contributed by atoms with Gasteiger partial charge in [-0.3, -0.25) is 0 Å². The van der Waals surface area contributed by atoms with E-state index in [4.69, 9.17) is 0 Å². The van der Waals surface area contributed by atoms with Gasteiger partial charge in [-0.25, -0.2) is 0 Å². The fraction of sp³-hybridized carbons (Fsp3) is 0.455. The molecule has 0 saturated heterocycles. The highest BCUT2D eigenvalue weighted by atomic mass is 31.1. The highest BCUT2D eigenvalue weighted by molar-refractivity contribution is 7.67. The first-order chi connectivity index (χ1) is 11.4. The Labute approximate surface area is 142 Å². The molecule has 4 rings (SSSR count). The van der Waals surface area contributed by atoms with Gasteiger partial charge < -0.3 is 0 Å². The molecule has 0 nitrogen and oxygen atoms in total. The van der Waals surface area contributed by atoms with Gasteiger partial charge in [0.15, 0.2) is 0 Å². The standard InChI is InChI=1S/C22H27P/c1-2-10-18(11-3-1)21-16-8-9-17-22(21)23(19-12-4-5-13-19)20-14-6-7-15-20/h1-3,8-11,16-17,19-20H,4-7,12-15H2. The summed E-state index contributed by atoms with van der Waals surface area (Å²) in [5.74, 6) is 0. The summed E-state index contributed by atoms with van der Waals surface area (Å²) in [6.07, 6.45) is 11.8. The molecule has 0 amide bonds. The molecular weight excluding hydrogens is 295 g/mol. The van der Waals surface area contributed by atoms with Crippen LogP contribution in [0.15, 0.2) is 54.6 Å². The van der Waals surface area contributed by atoms with Crippen LogP contribution in [-0.2, 0) is 0 Å².